The van der Waals surface area contributed by atoms with Gasteiger partial charge in [0.1, 0.15) is 17.1 Å². The van der Waals surface area contributed by atoms with E-state index in [4.69, 9.17) is 9.97 Å². The van der Waals surface area contributed by atoms with Gasteiger partial charge < -0.3 is 10.0 Å². The van der Waals surface area contributed by atoms with Crippen LogP contribution in [0.1, 0.15) is 41.7 Å². The summed E-state index contributed by atoms with van der Waals surface area (Å²) in [5, 5.41) is 11.9. The fourth-order valence-corrected chi connectivity index (χ4v) is 6.67. The van der Waals surface area contributed by atoms with Gasteiger partial charge in [0, 0.05) is 38.3 Å². The van der Waals surface area contributed by atoms with E-state index >= 15 is 0 Å². The standard InChI is InChI=1S/C38H32N3O.Pt/c1-23-20-24(2)36(25(3)21-23)27-15-18-34(42)37-28(27)14-17-31(40-37)26-13-16-30-33(22-26)41(35-12-8-9-19-39-35)32-11-7-6-10-29(32)38(30,4)5;/h6-21,42H,1-5H3;/q-1;. The summed E-state index contributed by atoms with van der Waals surface area (Å²) >= 11 is 0. The molecule has 1 aliphatic heterocycles. The molecule has 4 aromatic carbocycles. The van der Waals surface area contributed by atoms with Gasteiger partial charge in [-0.15, -0.1) is 23.8 Å². The van der Waals surface area contributed by atoms with E-state index < -0.39 is 0 Å². The molecule has 7 rings (SSSR count). The van der Waals surface area contributed by atoms with Gasteiger partial charge in [0.15, 0.2) is 0 Å². The smallest absolute Gasteiger partial charge is 0.140 e. The molecule has 0 aliphatic carbocycles. The second kappa shape index (κ2) is 10.8. The molecule has 0 unspecified atom stereocenters. The Morgan fingerprint density at radius 2 is 1.53 bits per heavy atom. The SMILES string of the molecule is Cc1cc(C)c(-c2ccc(O)c3nc(-c4[c-]c5c(cc4)C(C)(C)c4ccccc4N5c4ccccn4)ccc23)c(C)c1.[Pt]. The Hall–Kier alpha value is -4.27. The molecule has 1 aliphatic rings. The molecule has 0 saturated carbocycles. The van der Waals surface area contributed by atoms with E-state index in [0.29, 0.717) is 5.52 Å². The molecule has 0 atom stereocenters. The number of nitrogens with zero attached hydrogens (tertiary/aromatic N) is 3. The molecule has 3 heterocycles. The number of phenols is 1. The third kappa shape index (κ3) is 4.65. The number of fused-ring (bicyclic) bond motifs is 3. The molecular weight excluding hydrogens is 710 g/mol. The Labute approximate surface area is 267 Å². The average molecular weight is 742 g/mol. The molecule has 0 amide bonds. The molecule has 0 fully saturated rings. The zero-order valence-electron chi connectivity index (χ0n) is 24.8. The number of anilines is 3. The second-order valence-corrected chi connectivity index (χ2v) is 11.8. The van der Waals surface area contributed by atoms with Crippen molar-refractivity contribution in [1.82, 2.24) is 9.97 Å². The van der Waals surface area contributed by atoms with Crippen LogP contribution in [0.3, 0.4) is 0 Å². The molecule has 5 heteroatoms. The maximum atomic E-state index is 11.0. The summed E-state index contributed by atoms with van der Waals surface area (Å²) in [6, 6.07) is 34.8. The average Bonchev–Trinajstić information content (AvgIpc) is 2.98. The molecule has 0 bridgehead atoms. The number of rotatable bonds is 3. The van der Waals surface area contributed by atoms with Crippen LogP contribution in [0.25, 0.3) is 33.3 Å². The first-order valence-electron chi connectivity index (χ1n) is 14.3. The van der Waals surface area contributed by atoms with Crippen molar-refractivity contribution in [2.45, 2.75) is 40.0 Å². The van der Waals surface area contributed by atoms with Crippen molar-refractivity contribution in [3.8, 4) is 28.1 Å². The van der Waals surface area contributed by atoms with Crippen LogP contribution in [0, 0.1) is 26.8 Å². The van der Waals surface area contributed by atoms with E-state index in [-0.39, 0.29) is 32.2 Å². The predicted molar refractivity (Wildman–Crippen MR) is 172 cm³/mol. The number of benzene rings is 4. The second-order valence-electron chi connectivity index (χ2n) is 11.8. The van der Waals surface area contributed by atoms with E-state index in [1.807, 2.05) is 36.5 Å². The molecule has 1 N–H and O–H groups in total. The topological polar surface area (TPSA) is 49.3 Å². The molecule has 0 spiro atoms. The fourth-order valence-electron chi connectivity index (χ4n) is 6.67. The van der Waals surface area contributed by atoms with E-state index in [2.05, 4.69) is 100 Å². The zero-order chi connectivity index (χ0) is 29.2. The number of aromatic nitrogens is 2. The Kier molecular flexibility index (Phi) is 7.22. The maximum Gasteiger partial charge on any atom is 0.140 e. The number of pyridine rings is 2. The molecule has 4 nitrogen and oxygen atoms in total. The van der Waals surface area contributed by atoms with Crippen LogP contribution in [-0.2, 0) is 26.5 Å². The quantitative estimate of drug-likeness (QED) is 0.184. The predicted octanol–water partition coefficient (Wildman–Crippen LogP) is 9.50. The van der Waals surface area contributed by atoms with Gasteiger partial charge in [0.05, 0.1) is 0 Å². The van der Waals surface area contributed by atoms with Crippen LogP contribution >= 0.6 is 0 Å². The summed E-state index contributed by atoms with van der Waals surface area (Å²) in [5.74, 6) is 1.01. The van der Waals surface area contributed by atoms with Crippen LogP contribution in [0.5, 0.6) is 5.75 Å². The largest absolute Gasteiger partial charge is 0.506 e. The zero-order valence-corrected chi connectivity index (χ0v) is 27.1. The Balaban J connectivity index is 0.00000329. The number of phenolic OH excluding ortho intramolecular Hbond substituents is 1. The van der Waals surface area contributed by atoms with E-state index in [9.17, 15) is 5.11 Å². The minimum atomic E-state index is -0.222. The maximum absolute atomic E-state index is 11.0. The van der Waals surface area contributed by atoms with Crippen LogP contribution in [0.4, 0.5) is 17.2 Å². The Morgan fingerprint density at radius 1 is 0.791 bits per heavy atom. The van der Waals surface area contributed by atoms with Gasteiger partial charge in [-0.3, -0.25) is 4.98 Å². The van der Waals surface area contributed by atoms with Crippen LogP contribution in [0.15, 0.2) is 97.2 Å². The van der Waals surface area contributed by atoms with Crippen molar-refractivity contribution in [2.75, 3.05) is 4.90 Å². The minimum absolute atomic E-state index is 0. The van der Waals surface area contributed by atoms with Crippen LogP contribution in [0.2, 0.25) is 0 Å². The monoisotopic (exact) mass is 741 g/mol. The van der Waals surface area contributed by atoms with Gasteiger partial charge in [-0.1, -0.05) is 73.5 Å². The van der Waals surface area contributed by atoms with Crippen LogP contribution in [-0.4, -0.2) is 15.1 Å². The van der Waals surface area contributed by atoms with Gasteiger partial charge in [-0.2, -0.15) is 0 Å². The summed E-state index contributed by atoms with van der Waals surface area (Å²) < 4.78 is 0. The summed E-state index contributed by atoms with van der Waals surface area (Å²) in [4.78, 5) is 11.9. The first-order valence-corrected chi connectivity index (χ1v) is 14.3. The van der Waals surface area contributed by atoms with Crippen molar-refractivity contribution in [3.05, 3.63) is 131 Å². The number of aromatic hydroxyl groups is 1. The number of hydrogen-bond donors (Lipinski definition) is 1. The molecule has 0 saturated heterocycles. The number of aryl methyl sites for hydroxylation is 3. The van der Waals surface area contributed by atoms with Crippen LogP contribution < -0.4 is 4.90 Å². The normalized spacial score (nSPS) is 13.3. The minimum Gasteiger partial charge on any atom is -0.506 e. The number of para-hydroxylation sites is 1. The van der Waals surface area contributed by atoms with E-state index in [1.165, 1.54) is 33.4 Å². The molecule has 6 aromatic rings. The fraction of sp³-hybridized carbons (Fsp3) is 0.158. The third-order valence-electron chi connectivity index (χ3n) is 8.58. The summed E-state index contributed by atoms with van der Waals surface area (Å²) in [7, 11) is 0. The molecular formula is C38H32N3OPt-. The Morgan fingerprint density at radius 3 is 2.28 bits per heavy atom. The first-order chi connectivity index (χ1) is 20.2. The van der Waals surface area contributed by atoms with Crippen molar-refractivity contribution in [1.29, 1.82) is 0 Å². The first kappa shape index (κ1) is 28.8. The van der Waals surface area contributed by atoms with Gasteiger partial charge in [-0.05, 0) is 95.7 Å². The number of hydrogen-bond acceptors (Lipinski definition) is 4. The van der Waals surface area contributed by atoms with Gasteiger partial charge >= 0.3 is 0 Å². The van der Waals surface area contributed by atoms with E-state index in [1.54, 1.807) is 6.07 Å². The Bertz CT molecular complexity index is 1990. The van der Waals surface area contributed by atoms with E-state index in [0.717, 1.165) is 39.4 Å². The summed E-state index contributed by atoms with van der Waals surface area (Å²) in [6.07, 6.45) is 1.82. The van der Waals surface area contributed by atoms with Crippen molar-refractivity contribution in [2.24, 2.45) is 0 Å². The van der Waals surface area contributed by atoms with Gasteiger partial charge in [0.2, 0.25) is 0 Å². The van der Waals surface area contributed by atoms with Gasteiger partial charge in [0.25, 0.3) is 0 Å². The molecule has 216 valence electrons. The molecule has 2 aromatic heterocycles. The molecule has 0 radical (unpaired) electrons. The van der Waals surface area contributed by atoms with Gasteiger partial charge in [-0.25, -0.2) is 4.98 Å². The molecule has 43 heavy (non-hydrogen) atoms. The van der Waals surface area contributed by atoms with Crippen molar-refractivity contribution >= 4 is 28.1 Å². The van der Waals surface area contributed by atoms with Crippen molar-refractivity contribution in [3.63, 3.8) is 0 Å². The third-order valence-corrected chi connectivity index (χ3v) is 8.58. The van der Waals surface area contributed by atoms with Crippen molar-refractivity contribution < 1.29 is 26.2 Å². The summed E-state index contributed by atoms with van der Waals surface area (Å²) in [5.41, 5.74) is 12.4. The summed E-state index contributed by atoms with van der Waals surface area (Å²) in [6.45, 7) is 10.9.